The highest BCUT2D eigenvalue weighted by molar-refractivity contribution is 6.54. The molecule has 1 unspecified atom stereocenters. The lowest BCUT2D eigenvalue weighted by Crippen LogP contribution is -2.16. The highest BCUT2D eigenvalue weighted by Crippen LogP contribution is 2.23. The summed E-state index contributed by atoms with van der Waals surface area (Å²) in [6.07, 6.45) is 0. The van der Waals surface area contributed by atoms with Gasteiger partial charge >= 0.3 is 0 Å². The molecular weight excluding hydrogens is 356 g/mol. The lowest BCUT2D eigenvalue weighted by atomic mass is 10.5. The van der Waals surface area contributed by atoms with Crippen molar-refractivity contribution in [2.45, 2.75) is 14.5 Å². The van der Waals surface area contributed by atoms with E-state index < -0.39 is 9.17 Å². The van der Waals surface area contributed by atoms with E-state index in [-0.39, 0.29) is 17.1 Å². The molecule has 0 bridgehead atoms. The molecule has 0 rings (SSSR count). The van der Waals surface area contributed by atoms with Crippen molar-refractivity contribution in [2.75, 3.05) is 17.6 Å². The van der Waals surface area contributed by atoms with Crippen molar-refractivity contribution in [1.82, 2.24) is 0 Å². The van der Waals surface area contributed by atoms with Gasteiger partial charge in [-0.3, -0.25) is 0 Å². The van der Waals surface area contributed by atoms with Gasteiger partial charge < -0.3 is 0 Å². The van der Waals surface area contributed by atoms with Crippen molar-refractivity contribution < 1.29 is 0 Å². The predicted molar refractivity (Wildman–Crippen MR) is 71.7 cm³/mol. The predicted octanol–water partition coefficient (Wildman–Crippen LogP) is 5.27. The Morgan fingerprint density at radius 3 is 1.21 bits per heavy atom. The van der Waals surface area contributed by atoms with Crippen LogP contribution in [0.4, 0.5) is 0 Å². The van der Waals surface area contributed by atoms with Crippen LogP contribution in [-0.2, 0) is 0 Å². The van der Waals surface area contributed by atoms with Crippen LogP contribution < -0.4 is 0 Å². The van der Waals surface area contributed by atoms with E-state index in [0.29, 0.717) is 5.88 Å². The van der Waals surface area contributed by atoms with E-state index in [1.807, 2.05) is 0 Å². The molecule has 0 aromatic carbocycles. The zero-order valence-corrected chi connectivity index (χ0v) is 12.8. The van der Waals surface area contributed by atoms with E-state index in [2.05, 4.69) is 0 Å². The number of halogens is 8. The quantitative estimate of drug-likeness (QED) is 0.597. The molecular formula is C6H8Cl8. The van der Waals surface area contributed by atoms with Crippen LogP contribution in [0.25, 0.3) is 0 Å². The molecule has 0 nitrogen and oxygen atoms in total. The van der Waals surface area contributed by atoms with Gasteiger partial charge in [-0.2, -0.15) is 0 Å². The van der Waals surface area contributed by atoms with Crippen molar-refractivity contribution in [3.63, 3.8) is 0 Å². The average molecular weight is 364 g/mol. The average Bonchev–Trinajstić information content (AvgIpc) is 2.17. The Balaban J connectivity index is 0. The largest absolute Gasteiger partial charge is 0.145 e. The Hall–Kier alpha value is 2.32. The first-order chi connectivity index (χ1) is 6.30. The lowest BCUT2D eigenvalue weighted by Gasteiger charge is -2.08. The summed E-state index contributed by atoms with van der Waals surface area (Å²) in [5.41, 5.74) is 0. The van der Waals surface area contributed by atoms with Gasteiger partial charge in [0.2, 0.25) is 0 Å². The van der Waals surface area contributed by atoms with Gasteiger partial charge in [-0.05, 0) is 0 Å². The second-order valence-corrected chi connectivity index (χ2v) is 6.34. The maximum absolute atomic E-state index is 5.41. The fraction of sp³-hybridized carbons (Fsp3) is 1.00. The fourth-order valence-electron chi connectivity index (χ4n) is 0.103. The second-order valence-electron chi connectivity index (χ2n) is 2.13. The Morgan fingerprint density at radius 1 is 0.857 bits per heavy atom. The first-order valence-corrected chi connectivity index (χ1v) is 6.95. The Labute approximate surface area is 124 Å². The van der Waals surface area contributed by atoms with Crippen molar-refractivity contribution >= 4 is 92.8 Å². The van der Waals surface area contributed by atoms with Gasteiger partial charge in [0.15, 0.2) is 0 Å². The number of hydrogen-bond donors (Lipinski definition) is 0. The highest BCUT2D eigenvalue weighted by Gasteiger charge is 2.19. The van der Waals surface area contributed by atoms with E-state index in [1.165, 1.54) is 0 Å². The Bertz CT molecular complexity index is 119. The number of alkyl halides is 8. The van der Waals surface area contributed by atoms with Crippen LogP contribution in [0.15, 0.2) is 0 Å². The van der Waals surface area contributed by atoms with Gasteiger partial charge in [0.1, 0.15) is 9.17 Å². The lowest BCUT2D eigenvalue weighted by molar-refractivity contribution is 1.01. The van der Waals surface area contributed by atoms with Gasteiger partial charge in [0, 0.05) is 5.88 Å². The zero-order chi connectivity index (χ0) is 11.8. The van der Waals surface area contributed by atoms with Crippen LogP contribution in [0.3, 0.4) is 0 Å². The van der Waals surface area contributed by atoms with E-state index >= 15 is 0 Å². The summed E-state index contributed by atoms with van der Waals surface area (Å²) in [6, 6.07) is 0. The molecule has 0 aromatic rings. The normalized spacial score (nSPS) is 13.5. The van der Waals surface area contributed by atoms with Crippen molar-refractivity contribution in [2.24, 2.45) is 0 Å². The van der Waals surface area contributed by atoms with Gasteiger partial charge in [-0.15, -0.1) is 69.6 Å². The van der Waals surface area contributed by atoms with E-state index in [0.717, 1.165) is 0 Å². The molecule has 0 amide bonds. The first-order valence-electron chi connectivity index (χ1n) is 3.28. The Morgan fingerprint density at radius 2 is 1.21 bits per heavy atom. The van der Waals surface area contributed by atoms with Crippen LogP contribution >= 0.6 is 92.8 Å². The smallest absolute Gasteiger partial charge is 0.125 e. The van der Waals surface area contributed by atoms with Crippen molar-refractivity contribution in [3.8, 4) is 0 Å². The van der Waals surface area contributed by atoms with Crippen LogP contribution in [-0.4, -0.2) is 32.2 Å². The third-order valence-electron chi connectivity index (χ3n) is 0.812. The third-order valence-corrected chi connectivity index (χ3v) is 4.57. The molecule has 0 spiro atoms. The maximum Gasteiger partial charge on any atom is 0.145 e. The molecule has 0 aliphatic rings. The molecule has 0 N–H and O–H groups in total. The fourth-order valence-corrected chi connectivity index (χ4v) is 0.928. The summed E-state index contributed by atoms with van der Waals surface area (Å²) >= 11 is 42.5. The van der Waals surface area contributed by atoms with E-state index in [9.17, 15) is 0 Å². The molecule has 0 aromatic heterocycles. The molecule has 0 saturated heterocycles. The topological polar surface area (TPSA) is 0 Å². The van der Waals surface area contributed by atoms with E-state index in [4.69, 9.17) is 92.8 Å². The number of rotatable bonds is 4. The summed E-state index contributed by atoms with van der Waals surface area (Å²) in [5, 5.41) is -0.329. The number of hydrogen-bond acceptors (Lipinski definition) is 0. The molecule has 0 aliphatic carbocycles. The van der Waals surface area contributed by atoms with E-state index in [1.54, 1.807) is 0 Å². The molecule has 0 heterocycles. The van der Waals surface area contributed by atoms with Crippen molar-refractivity contribution in [3.05, 3.63) is 0 Å². The summed E-state index contributed by atoms with van der Waals surface area (Å²) < 4.78 is -0.941. The van der Waals surface area contributed by atoms with Gasteiger partial charge in [-0.1, -0.05) is 23.2 Å². The summed E-state index contributed by atoms with van der Waals surface area (Å²) in [4.78, 5) is -0.556. The monoisotopic (exact) mass is 360 g/mol. The summed E-state index contributed by atoms with van der Waals surface area (Å²) in [5.74, 6) is 0.623. The summed E-state index contributed by atoms with van der Waals surface area (Å²) in [6.45, 7) is 0. The van der Waals surface area contributed by atoms with Crippen LogP contribution in [0.1, 0.15) is 0 Å². The Kier molecular flexibility index (Phi) is 14.0. The minimum atomic E-state index is -0.941. The molecule has 0 fully saturated rings. The minimum absolute atomic E-state index is 0.166. The van der Waals surface area contributed by atoms with Crippen LogP contribution in [0.2, 0.25) is 0 Å². The molecule has 14 heavy (non-hydrogen) atoms. The van der Waals surface area contributed by atoms with Crippen molar-refractivity contribution in [1.29, 1.82) is 0 Å². The van der Waals surface area contributed by atoms with Crippen LogP contribution in [0, 0.1) is 0 Å². The molecule has 0 radical (unpaired) electrons. The van der Waals surface area contributed by atoms with Gasteiger partial charge in [0.25, 0.3) is 0 Å². The first kappa shape index (κ1) is 18.7. The molecule has 88 valence electrons. The maximum atomic E-state index is 5.41. The SMILES string of the molecule is ClCC(Cl)(Cl)CCl.ClCC(Cl)C(Cl)Cl. The molecule has 1 atom stereocenters. The third kappa shape index (κ3) is 12.4. The minimum Gasteiger partial charge on any atom is -0.125 e. The standard InChI is InChI=1S/2C3H4Cl4/c4-1-3(6,7)2-5;4-1-2(5)3(6)7/h1-2H2;2-3H,1H2. The van der Waals surface area contributed by atoms with Gasteiger partial charge in [0.05, 0.1) is 17.1 Å². The van der Waals surface area contributed by atoms with Gasteiger partial charge in [-0.25, -0.2) is 0 Å². The zero-order valence-electron chi connectivity index (χ0n) is 6.80. The highest BCUT2D eigenvalue weighted by atomic mass is 35.5. The molecule has 8 heteroatoms. The van der Waals surface area contributed by atoms with Crippen LogP contribution in [0.5, 0.6) is 0 Å². The molecule has 0 aliphatic heterocycles. The second kappa shape index (κ2) is 10.5. The summed E-state index contributed by atoms with van der Waals surface area (Å²) in [7, 11) is 0. The molecule has 0 saturated carbocycles.